The molecular weight excluding hydrogens is 360 g/mol. The maximum atomic E-state index is 12.4. The van der Waals surface area contributed by atoms with Crippen LogP contribution in [0.5, 0.6) is 5.75 Å². The van der Waals surface area contributed by atoms with E-state index in [9.17, 15) is 4.79 Å². The topological polar surface area (TPSA) is 70.2 Å². The minimum atomic E-state index is -0.0316. The summed E-state index contributed by atoms with van der Waals surface area (Å²) in [5, 5.41) is 12.8. The fraction of sp³-hybridized carbons (Fsp3) is 0.300. The van der Waals surface area contributed by atoms with Gasteiger partial charge in [-0.05, 0) is 48.6 Å². The molecule has 0 atom stereocenters. The van der Waals surface area contributed by atoms with Crippen molar-refractivity contribution in [2.45, 2.75) is 18.9 Å². The van der Waals surface area contributed by atoms with Crippen LogP contribution in [-0.4, -0.2) is 42.3 Å². The lowest BCUT2D eigenvalue weighted by molar-refractivity contribution is 0.0931. The van der Waals surface area contributed by atoms with E-state index in [1.165, 1.54) is 4.88 Å². The van der Waals surface area contributed by atoms with Crippen LogP contribution in [0.1, 0.15) is 23.2 Å². The number of H-pyrrole nitrogens is 1. The molecule has 3 heterocycles. The fourth-order valence-electron chi connectivity index (χ4n) is 3.30. The first-order valence-corrected chi connectivity index (χ1v) is 9.90. The lowest BCUT2D eigenvalue weighted by Crippen LogP contribution is -2.44. The molecule has 2 aromatic heterocycles. The number of aromatic nitrogens is 2. The molecule has 7 heteroatoms. The van der Waals surface area contributed by atoms with Gasteiger partial charge >= 0.3 is 0 Å². The first kappa shape index (κ1) is 17.6. The highest BCUT2D eigenvalue weighted by molar-refractivity contribution is 7.13. The number of ether oxygens (including phenoxy) is 1. The summed E-state index contributed by atoms with van der Waals surface area (Å²) in [6.45, 7) is 1.75. The largest absolute Gasteiger partial charge is 0.497 e. The van der Waals surface area contributed by atoms with Crippen molar-refractivity contribution >= 4 is 23.1 Å². The molecule has 0 saturated carbocycles. The summed E-state index contributed by atoms with van der Waals surface area (Å²) in [6.07, 6.45) is 1.81. The Morgan fingerprint density at radius 2 is 2.04 bits per heavy atom. The Morgan fingerprint density at radius 3 is 2.70 bits per heavy atom. The number of nitrogens with zero attached hydrogens (tertiary/aromatic N) is 2. The van der Waals surface area contributed by atoms with E-state index in [-0.39, 0.29) is 11.9 Å². The lowest BCUT2D eigenvalue weighted by Gasteiger charge is -2.32. The zero-order chi connectivity index (χ0) is 18.6. The van der Waals surface area contributed by atoms with Gasteiger partial charge in [-0.3, -0.25) is 9.89 Å². The van der Waals surface area contributed by atoms with Crippen LogP contribution in [0.25, 0.3) is 10.6 Å². The van der Waals surface area contributed by atoms with Crippen LogP contribution < -0.4 is 15.0 Å². The van der Waals surface area contributed by atoms with E-state index in [0.717, 1.165) is 43.2 Å². The Morgan fingerprint density at radius 1 is 1.26 bits per heavy atom. The molecule has 0 spiro atoms. The van der Waals surface area contributed by atoms with Crippen molar-refractivity contribution in [1.29, 1.82) is 0 Å². The lowest BCUT2D eigenvalue weighted by atomic mass is 10.0. The molecule has 0 bridgehead atoms. The summed E-state index contributed by atoms with van der Waals surface area (Å²) >= 11 is 1.70. The molecule has 6 nitrogen and oxygen atoms in total. The van der Waals surface area contributed by atoms with Crippen molar-refractivity contribution in [3.05, 3.63) is 53.4 Å². The second-order valence-electron chi connectivity index (χ2n) is 6.58. The quantitative estimate of drug-likeness (QED) is 0.708. The van der Waals surface area contributed by atoms with Gasteiger partial charge in [-0.1, -0.05) is 6.07 Å². The number of hydrogen-bond acceptors (Lipinski definition) is 5. The molecule has 0 unspecified atom stereocenters. The highest BCUT2D eigenvalue weighted by Gasteiger charge is 2.23. The highest BCUT2D eigenvalue weighted by atomic mass is 32.1. The van der Waals surface area contributed by atoms with Crippen molar-refractivity contribution in [3.8, 4) is 16.3 Å². The molecule has 1 amide bonds. The van der Waals surface area contributed by atoms with Crippen molar-refractivity contribution in [1.82, 2.24) is 15.5 Å². The minimum Gasteiger partial charge on any atom is -0.497 e. The van der Waals surface area contributed by atoms with Crippen LogP contribution in [0, 0.1) is 0 Å². The van der Waals surface area contributed by atoms with Gasteiger partial charge < -0.3 is 15.0 Å². The maximum absolute atomic E-state index is 12.4. The van der Waals surface area contributed by atoms with Crippen molar-refractivity contribution in [2.24, 2.45) is 0 Å². The first-order chi connectivity index (χ1) is 13.2. The maximum Gasteiger partial charge on any atom is 0.251 e. The van der Waals surface area contributed by atoms with E-state index < -0.39 is 0 Å². The Labute approximate surface area is 162 Å². The Bertz CT molecular complexity index is 881. The molecule has 1 aliphatic rings. The van der Waals surface area contributed by atoms with Gasteiger partial charge in [-0.2, -0.15) is 5.10 Å². The SMILES string of the molecule is COc1ccc(C(=O)NC2CCN(c3cc(-c4cccs4)[nH]n3)CC2)cc1. The number of carbonyl (C=O) groups is 1. The van der Waals surface area contributed by atoms with Gasteiger partial charge in [0.2, 0.25) is 0 Å². The van der Waals surface area contributed by atoms with E-state index in [1.54, 1.807) is 42.7 Å². The number of hydrogen-bond donors (Lipinski definition) is 2. The van der Waals surface area contributed by atoms with Gasteiger partial charge in [0.25, 0.3) is 5.91 Å². The number of piperidine rings is 1. The Hall–Kier alpha value is -2.80. The summed E-state index contributed by atoms with van der Waals surface area (Å²) in [4.78, 5) is 15.9. The molecular formula is C20H22N4O2S. The predicted octanol–water partition coefficient (Wildman–Crippen LogP) is 3.55. The molecule has 1 aromatic carbocycles. The number of benzene rings is 1. The van der Waals surface area contributed by atoms with Crippen LogP contribution in [0.15, 0.2) is 47.8 Å². The molecule has 3 aromatic rings. The first-order valence-electron chi connectivity index (χ1n) is 9.02. The number of nitrogens with one attached hydrogen (secondary N) is 2. The van der Waals surface area contributed by atoms with Crippen LogP contribution >= 0.6 is 11.3 Å². The van der Waals surface area contributed by atoms with Gasteiger partial charge in [0, 0.05) is 30.8 Å². The van der Waals surface area contributed by atoms with Crippen LogP contribution in [0.2, 0.25) is 0 Å². The monoisotopic (exact) mass is 382 g/mol. The Balaban J connectivity index is 1.31. The van der Waals surface area contributed by atoms with E-state index in [1.807, 2.05) is 6.07 Å². The number of thiophene rings is 1. The van der Waals surface area contributed by atoms with E-state index in [4.69, 9.17) is 4.74 Å². The smallest absolute Gasteiger partial charge is 0.251 e. The van der Waals surface area contributed by atoms with Crippen molar-refractivity contribution in [2.75, 3.05) is 25.1 Å². The van der Waals surface area contributed by atoms with Crippen LogP contribution in [0.4, 0.5) is 5.82 Å². The number of carbonyl (C=O) groups excluding carboxylic acids is 1. The molecule has 1 aliphatic heterocycles. The summed E-state index contributed by atoms with van der Waals surface area (Å²) in [5.74, 6) is 1.69. The van der Waals surface area contributed by atoms with E-state index in [2.05, 4.69) is 37.9 Å². The average molecular weight is 382 g/mol. The Kier molecular flexibility index (Phi) is 5.11. The minimum absolute atomic E-state index is 0.0316. The van der Waals surface area contributed by atoms with Crippen molar-refractivity contribution < 1.29 is 9.53 Å². The van der Waals surface area contributed by atoms with Gasteiger partial charge in [-0.25, -0.2) is 0 Å². The molecule has 27 heavy (non-hydrogen) atoms. The van der Waals surface area contributed by atoms with Crippen molar-refractivity contribution in [3.63, 3.8) is 0 Å². The fourth-order valence-corrected chi connectivity index (χ4v) is 3.99. The normalized spacial score (nSPS) is 14.9. The number of aromatic amines is 1. The molecule has 1 saturated heterocycles. The third kappa shape index (κ3) is 3.98. The van der Waals surface area contributed by atoms with Gasteiger partial charge in [-0.15, -0.1) is 11.3 Å². The zero-order valence-electron chi connectivity index (χ0n) is 15.1. The molecule has 1 fully saturated rings. The highest BCUT2D eigenvalue weighted by Crippen LogP contribution is 2.27. The number of amides is 1. The van der Waals surface area contributed by atoms with Gasteiger partial charge in [0.05, 0.1) is 17.7 Å². The third-order valence-corrected chi connectivity index (χ3v) is 5.76. The van der Waals surface area contributed by atoms with Gasteiger partial charge in [0.1, 0.15) is 5.75 Å². The summed E-state index contributed by atoms with van der Waals surface area (Å²) < 4.78 is 5.13. The summed E-state index contributed by atoms with van der Waals surface area (Å²) in [5.41, 5.74) is 1.71. The summed E-state index contributed by atoms with van der Waals surface area (Å²) in [7, 11) is 1.62. The number of anilines is 1. The second-order valence-corrected chi connectivity index (χ2v) is 7.53. The molecule has 4 rings (SSSR count). The standard InChI is InChI=1S/C20H22N4O2S/c1-26-16-6-4-14(5-7-16)20(25)21-15-8-10-24(11-9-15)19-13-17(22-23-19)18-3-2-12-27-18/h2-7,12-13,15H,8-11H2,1H3,(H,21,25)(H,22,23). The number of methoxy groups -OCH3 is 1. The zero-order valence-corrected chi connectivity index (χ0v) is 16.0. The van der Waals surface area contributed by atoms with Crippen LogP contribution in [-0.2, 0) is 0 Å². The third-order valence-electron chi connectivity index (χ3n) is 4.86. The molecule has 0 aliphatic carbocycles. The van der Waals surface area contributed by atoms with Gasteiger partial charge in [0.15, 0.2) is 5.82 Å². The number of rotatable bonds is 5. The molecule has 2 N–H and O–H groups in total. The predicted molar refractivity (Wildman–Crippen MR) is 108 cm³/mol. The van der Waals surface area contributed by atoms with Crippen LogP contribution in [0.3, 0.4) is 0 Å². The molecule has 0 radical (unpaired) electrons. The van der Waals surface area contributed by atoms with E-state index >= 15 is 0 Å². The second kappa shape index (κ2) is 7.84. The van der Waals surface area contributed by atoms with E-state index in [0.29, 0.717) is 5.56 Å². The average Bonchev–Trinajstić information content (AvgIpc) is 3.40. The molecule has 140 valence electrons. The summed E-state index contributed by atoms with van der Waals surface area (Å²) in [6, 6.07) is 13.6.